The molecule has 2 fully saturated rings. The van der Waals surface area contributed by atoms with E-state index in [0.717, 1.165) is 0 Å². The molecule has 1 aromatic rings. The van der Waals surface area contributed by atoms with Gasteiger partial charge in [-0.25, -0.2) is 8.42 Å². The van der Waals surface area contributed by atoms with Crippen LogP contribution in [0.2, 0.25) is 0 Å². The molecular weight excluding hydrogens is 318 g/mol. The summed E-state index contributed by atoms with van der Waals surface area (Å²) in [7, 11) is -3.34. The maximum Gasteiger partial charge on any atom is 0.246 e. The van der Waals surface area contributed by atoms with Crippen LogP contribution in [-0.4, -0.2) is 73.2 Å². The minimum absolute atomic E-state index is 0.191. The number of hydrogen-bond donors (Lipinski definition) is 0. The molecule has 2 saturated heterocycles. The first-order valence-corrected chi connectivity index (χ1v) is 9.02. The summed E-state index contributed by atoms with van der Waals surface area (Å²) in [6.07, 6.45) is 4.71. The van der Waals surface area contributed by atoms with Gasteiger partial charge in [-0.05, 0) is 18.2 Å². The standard InChI is InChI=1S/C15H19N3O4S/c19-15(5-4-13-3-1-2-6-16-13)17-11-14(12-17)23(20,21)18-7-9-22-10-8-18/h1-6,14H,7-12H2. The molecule has 0 radical (unpaired) electrons. The van der Waals surface area contributed by atoms with E-state index >= 15 is 0 Å². The highest BCUT2D eigenvalue weighted by molar-refractivity contribution is 7.89. The molecule has 0 spiro atoms. The van der Waals surface area contributed by atoms with Crippen molar-refractivity contribution in [1.82, 2.24) is 14.2 Å². The van der Waals surface area contributed by atoms with Gasteiger partial charge >= 0.3 is 0 Å². The maximum absolute atomic E-state index is 12.4. The van der Waals surface area contributed by atoms with Crippen LogP contribution in [-0.2, 0) is 19.6 Å². The number of nitrogens with zero attached hydrogens (tertiary/aromatic N) is 3. The summed E-state index contributed by atoms with van der Waals surface area (Å²) in [5, 5.41) is -0.507. The van der Waals surface area contributed by atoms with Gasteiger partial charge in [-0.2, -0.15) is 4.31 Å². The number of morpholine rings is 1. The van der Waals surface area contributed by atoms with Crippen LogP contribution in [0.25, 0.3) is 6.08 Å². The molecule has 2 aliphatic rings. The summed E-state index contributed by atoms with van der Waals surface area (Å²) in [4.78, 5) is 17.7. The number of amides is 1. The summed E-state index contributed by atoms with van der Waals surface area (Å²) >= 11 is 0. The number of ether oxygens (including phenoxy) is 1. The molecule has 23 heavy (non-hydrogen) atoms. The van der Waals surface area contributed by atoms with E-state index in [1.165, 1.54) is 15.3 Å². The Balaban J connectivity index is 1.54. The zero-order valence-electron chi connectivity index (χ0n) is 12.7. The fourth-order valence-electron chi connectivity index (χ4n) is 2.56. The zero-order chi connectivity index (χ0) is 16.3. The number of hydrogen-bond acceptors (Lipinski definition) is 5. The fraction of sp³-hybridized carbons (Fsp3) is 0.467. The molecule has 0 saturated carbocycles. The van der Waals surface area contributed by atoms with Crippen molar-refractivity contribution >= 4 is 22.0 Å². The molecule has 3 heterocycles. The lowest BCUT2D eigenvalue weighted by molar-refractivity contribution is -0.129. The molecule has 2 aliphatic heterocycles. The lowest BCUT2D eigenvalue weighted by Gasteiger charge is -2.41. The van der Waals surface area contributed by atoms with Gasteiger partial charge in [0, 0.05) is 38.5 Å². The van der Waals surface area contributed by atoms with Crippen LogP contribution in [0.5, 0.6) is 0 Å². The van der Waals surface area contributed by atoms with E-state index in [9.17, 15) is 13.2 Å². The number of aromatic nitrogens is 1. The third-order valence-corrected chi connectivity index (χ3v) is 6.22. The smallest absolute Gasteiger partial charge is 0.246 e. The largest absolute Gasteiger partial charge is 0.379 e. The van der Waals surface area contributed by atoms with E-state index in [1.807, 2.05) is 6.07 Å². The van der Waals surface area contributed by atoms with Gasteiger partial charge < -0.3 is 9.64 Å². The van der Waals surface area contributed by atoms with Gasteiger partial charge in [-0.1, -0.05) is 6.07 Å². The van der Waals surface area contributed by atoms with Crippen LogP contribution < -0.4 is 0 Å². The predicted molar refractivity (Wildman–Crippen MR) is 85.0 cm³/mol. The second kappa shape index (κ2) is 6.77. The van der Waals surface area contributed by atoms with Crippen molar-refractivity contribution in [3.05, 3.63) is 36.2 Å². The topological polar surface area (TPSA) is 79.8 Å². The predicted octanol–water partition coefficient (Wildman–Crippen LogP) is -0.0324. The Morgan fingerprint density at radius 1 is 1.26 bits per heavy atom. The van der Waals surface area contributed by atoms with Gasteiger partial charge in [-0.15, -0.1) is 0 Å². The molecule has 0 N–H and O–H groups in total. The van der Waals surface area contributed by atoms with Crippen LogP contribution in [0, 0.1) is 0 Å². The number of carbonyl (C=O) groups is 1. The van der Waals surface area contributed by atoms with Crippen LogP contribution in [0.4, 0.5) is 0 Å². The summed E-state index contributed by atoms with van der Waals surface area (Å²) in [6.45, 7) is 2.14. The Morgan fingerprint density at radius 3 is 2.65 bits per heavy atom. The van der Waals surface area contributed by atoms with E-state index in [-0.39, 0.29) is 19.0 Å². The molecule has 124 valence electrons. The second-order valence-electron chi connectivity index (χ2n) is 5.51. The van der Waals surface area contributed by atoms with Gasteiger partial charge in [0.2, 0.25) is 15.9 Å². The summed E-state index contributed by atoms with van der Waals surface area (Å²) < 4.78 is 31.5. The number of likely N-dealkylation sites (tertiary alicyclic amines) is 1. The Labute approximate surface area is 135 Å². The lowest BCUT2D eigenvalue weighted by atomic mass is 10.2. The van der Waals surface area contributed by atoms with Crippen LogP contribution >= 0.6 is 0 Å². The Hall–Kier alpha value is -1.77. The van der Waals surface area contributed by atoms with E-state index in [1.54, 1.807) is 24.4 Å². The highest BCUT2D eigenvalue weighted by atomic mass is 32.2. The molecule has 0 aliphatic carbocycles. The minimum Gasteiger partial charge on any atom is -0.379 e. The molecule has 1 amide bonds. The number of pyridine rings is 1. The summed E-state index contributed by atoms with van der Waals surface area (Å²) in [5.41, 5.74) is 0.693. The third-order valence-electron chi connectivity index (χ3n) is 4.00. The van der Waals surface area contributed by atoms with Gasteiger partial charge in [0.15, 0.2) is 0 Å². The first-order chi connectivity index (χ1) is 11.1. The van der Waals surface area contributed by atoms with E-state index in [4.69, 9.17) is 4.74 Å². The Kier molecular flexibility index (Phi) is 4.74. The number of sulfonamides is 1. The van der Waals surface area contributed by atoms with Gasteiger partial charge in [0.25, 0.3) is 0 Å². The van der Waals surface area contributed by atoms with Crippen molar-refractivity contribution in [2.24, 2.45) is 0 Å². The van der Waals surface area contributed by atoms with Crippen molar-refractivity contribution in [1.29, 1.82) is 0 Å². The Morgan fingerprint density at radius 2 is 2.00 bits per heavy atom. The lowest BCUT2D eigenvalue weighted by Crippen LogP contribution is -2.60. The van der Waals surface area contributed by atoms with Crippen molar-refractivity contribution in [2.45, 2.75) is 5.25 Å². The molecule has 3 rings (SSSR count). The second-order valence-corrected chi connectivity index (χ2v) is 7.72. The summed E-state index contributed by atoms with van der Waals surface area (Å²) in [5.74, 6) is -0.191. The molecule has 0 unspecified atom stereocenters. The minimum atomic E-state index is -3.34. The normalized spacial score (nSPS) is 20.6. The van der Waals surface area contributed by atoms with Gasteiger partial charge in [0.05, 0.1) is 18.9 Å². The molecule has 7 nitrogen and oxygen atoms in total. The first kappa shape index (κ1) is 16.1. The Bertz CT molecular complexity index is 678. The quantitative estimate of drug-likeness (QED) is 0.721. The van der Waals surface area contributed by atoms with Gasteiger partial charge in [0.1, 0.15) is 5.25 Å². The summed E-state index contributed by atoms with van der Waals surface area (Å²) in [6, 6.07) is 5.44. The molecule has 0 atom stereocenters. The fourth-order valence-corrected chi connectivity index (χ4v) is 4.37. The molecule has 0 aromatic carbocycles. The van der Waals surface area contributed by atoms with E-state index in [0.29, 0.717) is 32.0 Å². The monoisotopic (exact) mass is 337 g/mol. The van der Waals surface area contributed by atoms with E-state index in [2.05, 4.69) is 4.98 Å². The van der Waals surface area contributed by atoms with Crippen molar-refractivity contribution in [3.63, 3.8) is 0 Å². The molecule has 8 heteroatoms. The van der Waals surface area contributed by atoms with Crippen LogP contribution in [0.3, 0.4) is 0 Å². The highest BCUT2D eigenvalue weighted by Gasteiger charge is 2.42. The molecule has 1 aromatic heterocycles. The molecular formula is C15H19N3O4S. The highest BCUT2D eigenvalue weighted by Crippen LogP contribution is 2.21. The number of rotatable bonds is 4. The number of carbonyl (C=O) groups excluding carboxylic acids is 1. The maximum atomic E-state index is 12.4. The van der Waals surface area contributed by atoms with Crippen molar-refractivity contribution in [2.75, 3.05) is 39.4 Å². The van der Waals surface area contributed by atoms with Crippen LogP contribution in [0.15, 0.2) is 30.5 Å². The first-order valence-electron chi connectivity index (χ1n) is 7.52. The van der Waals surface area contributed by atoms with E-state index < -0.39 is 15.3 Å². The average molecular weight is 337 g/mol. The van der Waals surface area contributed by atoms with Crippen molar-refractivity contribution in [3.8, 4) is 0 Å². The SMILES string of the molecule is O=C(C=Cc1ccccn1)N1CC(S(=O)(=O)N2CCOCC2)C1. The van der Waals surface area contributed by atoms with Gasteiger partial charge in [-0.3, -0.25) is 9.78 Å². The van der Waals surface area contributed by atoms with Crippen LogP contribution in [0.1, 0.15) is 5.69 Å². The molecule has 0 bridgehead atoms. The third kappa shape index (κ3) is 3.60. The zero-order valence-corrected chi connectivity index (χ0v) is 13.5. The van der Waals surface area contributed by atoms with Crippen molar-refractivity contribution < 1.29 is 17.9 Å². The average Bonchev–Trinajstić information content (AvgIpc) is 2.53.